The third kappa shape index (κ3) is 3.36. The fourth-order valence-electron chi connectivity index (χ4n) is 4.18. The van der Waals surface area contributed by atoms with Gasteiger partial charge in [0, 0.05) is 41.5 Å². The number of aromatic nitrogens is 5. The summed E-state index contributed by atoms with van der Waals surface area (Å²) in [6.45, 7) is 0. The number of aromatic hydroxyl groups is 1. The van der Waals surface area contributed by atoms with Crippen molar-refractivity contribution in [3.8, 4) is 17.1 Å². The largest absolute Gasteiger partial charge is 0.494 e. The minimum atomic E-state index is -0.497. The molecule has 0 atom stereocenters. The van der Waals surface area contributed by atoms with E-state index in [9.17, 15) is 19.5 Å². The van der Waals surface area contributed by atoms with Crippen LogP contribution in [0.25, 0.3) is 11.3 Å². The van der Waals surface area contributed by atoms with Gasteiger partial charge in [0.1, 0.15) is 12.7 Å². The number of carbonyl (C=O) groups is 3. The van der Waals surface area contributed by atoms with Crippen LogP contribution < -0.4 is 0 Å². The molecule has 3 aromatic heterocycles. The van der Waals surface area contributed by atoms with Crippen molar-refractivity contribution in [2.75, 3.05) is 0 Å². The van der Waals surface area contributed by atoms with Crippen LogP contribution in [0.4, 0.5) is 0 Å². The SMILES string of the molecule is O=C1N=C(c2ccc(C(=O)n3ccnc3)cc2)c2c(O)[nH]c(-c3ccc(C(=O)n4ccnc4)cc3)c21. The van der Waals surface area contributed by atoms with Crippen molar-refractivity contribution in [3.63, 3.8) is 0 Å². The smallest absolute Gasteiger partial charge is 0.280 e. The van der Waals surface area contributed by atoms with Gasteiger partial charge < -0.3 is 10.1 Å². The van der Waals surface area contributed by atoms with Gasteiger partial charge in [0.25, 0.3) is 17.7 Å². The molecule has 6 rings (SSSR count). The van der Waals surface area contributed by atoms with Crippen LogP contribution in [0, 0.1) is 0 Å². The zero-order valence-electron chi connectivity index (χ0n) is 18.5. The minimum Gasteiger partial charge on any atom is -0.494 e. The van der Waals surface area contributed by atoms with Gasteiger partial charge in [-0.1, -0.05) is 24.3 Å². The van der Waals surface area contributed by atoms with Crippen molar-refractivity contribution >= 4 is 23.4 Å². The number of imidazole rings is 2. The maximum atomic E-state index is 12.9. The zero-order valence-corrected chi connectivity index (χ0v) is 18.5. The highest BCUT2D eigenvalue weighted by molar-refractivity contribution is 6.30. The number of fused-ring (bicyclic) bond motifs is 1. The van der Waals surface area contributed by atoms with E-state index in [1.54, 1.807) is 60.9 Å². The molecule has 0 fully saturated rings. The molecule has 10 heteroatoms. The number of rotatable bonds is 4. The number of aromatic amines is 1. The topological polar surface area (TPSA) is 135 Å². The fraction of sp³-hybridized carbons (Fsp3) is 0. The van der Waals surface area contributed by atoms with E-state index in [1.165, 1.54) is 34.2 Å². The van der Waals surface area contributed by atoms with E-state index in [4.69, 9.17) is 0 Å². The van der Waals surface area contributed by atoms with Crippen LogP contribution in [0.1, 0.15) is 42.2 Å². The van der Waals surface area contributed by atoms with Crippen molar-refractivity contribution < 1.29 is 19.5 Å². The number of amides is 1. The zero-order chi connectivity index (χ0) is 24.8. The van der Waals surface area contributed by atoms with Crippen LogP contribution in [-0.4, -0.2) is 52.6 Å². The summed E-state index contributed by atoms with van der Waals surface area (Å²) in [5.41, 5.74) is 3.32. The maximum Gasteiger partial charge on any atom is 0.280 e. The number of hydrogen-bond donors (Lipinski definition) is 2. The Morgan fingerprint density at radius 1 is 0.750 bits per heavy atom. The molecule has 0 spiro atoms. The molecule has 1 aliphatic heterocycles. The Balaban J connectivity index is 1.31. The second-order valence-corrected chi connectivity index (χ2v) is 8.07. The first kappa shape index (κ1) is 21.2. The van der Waals surface area contributed by atoms with Crippen LogP contribution in [0.15, 0.2) is 91.0 Å². The third-order valence-corrected chi connectivity index (χ3v) is 5.95. The Morgan fingerprint density at radius 3 is 1.78 bits per heavy atom. The summed E-state index contributed by atoms with van der Waals surface area (Å²) in [7, 11) is 0. The summed E-state index contributed by atoms with van der Waals surface area (Å²) in [5, 5.41) is 10.7. The molecule has 0 radical (unpaired) electrons. The van der Waals surface area contributed by atoms with Crippen molar-refractivity contribution in [3.05, 3.63) is 114 Å². The monoisotopic (exact) mass is 476 g/mol. The number of nitrogens with one attached hydrogen (secondary N) is 1. The Labute approximate surface area is 203 Å². The van der Waals surface area contributed by atoms with Crippen LogP contribution in [0.5, 0.6) is 5.88 Å². The van der Waals surface area contributed by atoms with E-state index in [0.717, 1.165) is 0 Å². The molecule has 10 nitrogen and oxygen atoms in total. The molecule has 1 aliphatic rings. The van der Waals surface area contributed by atoms with Gasteiger partial charge in [-0.25, -0.2) is 15.0 Å². The summed E-state index contributed by atoms with van der Waals surface area (Å²) in [6.07, 6.45) is 8.99. The standard InChI is InChI=1S/C26H16N6O4/c33-23-19-20(22(30-23)16-3-7-18(8-4-16)26(36)32-12-10-28-14-32)24(34)29-21(19)15-1-5-17(6-2-15)25(35)31-11-9-27-13-31/h1-14,29,34H. The normalized spacial score (nSPS) is 12.4. The molecule has 0 unspecified atom stereocenters. The lowest BCUT2D eigenvalue weighted by Gasteiger charge is -2.04. The number of hydrogen-bond acceptors (Lipinski definition) is 6. The first-order valence-electron chi connectivity index (χ1n) is 10.9. The Hall–Kier alpha value is -5.38. The molecule has 36 heavy (non-hydrogen) atoms. The summed E-state index contributed by atoms with van der Waals surface area (Å²) in [4.78, 5) is 52.7. The molecular formula is C26H16N6O4. The highest BCUT2D eigenvalue weighted by Crippen LogP contribution is 2.38. The predicted molar refractivity (Wildman–Crippen MR) is 128 cm³/mol. The van der Waals surface area contributed by atoms with Crippen molar-refractivity contribution in [2.45, 2.75) is 0 Å². The molecule has 174 valence electrons. The lowest BCUT2D eigenvalue weighted by Crippen LogP contribution is -2.10. The van der Waals surface area contributed by atoms with Crippen LogP contribution in [0.2, 0.25) is 0 Å². The number of nitrogens with zero attached hydrogens (tertiary/aromatic N) is 5. The summed E-state index contributed by atoms with van der Waals surface area (Å²) >= 11 is 0. The first-order chi connectivity index (χ1) is 17.5. The Bertz CT molecular complexity index is 1660. The van der Waals surface area contributed by atoms with E-state index in [0.29, 0.717) is 39.2 Å². The number of carbonyl (C=O) groups excluding carboxylic acids is 3. The number of H-pyrrole nitrogens is 1. The van der Waals surface area contributed by atoms with Crippen molar-refractivity contribution in [1.29, 1.82) is 0 Å². The molecule has 0 bridgehead atoms. The third-order valence-electron chi connectivity index (χ3n) is 5.95. The molecule has 2 aromatic carbocycles. The number of benzene rings is 2. The Morgan fingerprint density at radius 2 is 1.28 bits per heavy atom. The molecule has 2 N–H and O–H groups in total. The first-order valence-corrected chi connectivity index (χ1v) is 10.9. The highest BCUT2D eigenvalue weighted by atomic mass is 16.3. The average Bonchev–Trinajstić information content (AvgIpc) is 3.71. The van der Waals surface area contributed by atoms with Crippen LogP contribution >= 0.6 is 0 Å². The average molecular weight is 476 g/mol. The fourth-order valence-corrected chi connectivity index (χ4v) is 4.18. The molecule has 0 saturated heterocycles. The maximum absolute atomic E-state index is 12.9. The van der Waals surface area contributed by atoms with E-state index < -0.39 is 5.91 Å². The van der Waals surface area contributed by atoms with Crippen molar-refractivity contribution in [1.82, 2.24) is 24.1 Å². The molecule has 0 saturated carbocycles. The van der Waals surface area contributed by atoms with Gasteiger partial charge in [0.15, 0.2) is 5.88 Å². The van der Waals surface area contributed by atoms with Gasteiger partial charge in [-0.3, -0.25) is 23.5 Å². The summed E-state index contributed by atoms with van der Waals surface area (Å²) in [6, 6.07) is 13.3. The van der Waals surface area contributed by atoms with Crippen LogP contribution in [-0.2, 0) is 0 Å². The second kappa shape index (κ2) is 8.13. The quantitative estimate of drug-likeness (QED) is 0.409. The molecule has 1 amide bonds. The predicted octanol–water partition coefficient (Wildman–Crippen LogP) is 3.15. The van der Waals surface area contributed by atoms with Gasteiger partial charge >= 0.3 is 0 Å². The van der Waals surface area contributed by atoms with E-state index in [-0.39, 0.29) is 23.3 Å². The van der Waals surface area contributed by atoms with E-state index >= 15 is 0 Å². The molecule has 5 aromatic rings. The lowest BCUT2D eigenvalue weighted by atomic mass is 9.99. The molecular weight excluding hydrogens is 460 g/mol. The highest BCUT2D eigenvalue weighted by Gasteiger charge is 2.33. The molecule has 0 aliphatic carbocycles. The van der Waals surface area contributed by atoms with Crippen LogP contribution in [0.3, 0.4) is 0 Å². The van der Waals surface area contributed by atoms with E-state index in [2.05, 4.69) is 19.9 Å². The summed E-state index contributed by atoms with van der Waals surface area (Å²) in [5.74, 6) is -1.17. The van der Waals surface area contributed by atoms with E-state index in [1.807, 2.05) is 0 Å². The number of aliphatic imine (C=N–C) groups is 1. The lowest BCUT2D eigenvalue weighted by molar-refractivity contribution is 0.0951. The Kier molecular flexibility index (Phi) is 4.78. The van der Waals surface area contributed by atoms with Gasteiger partial charge in [0.2, 0.25) is 0 Å². The minimum absolute atomic E-state index is 0.193. The van der Waals surface area contributed by atoms with Crippen molar-refractivity contribution in [2.24, 2.45) is 4.99 Å². The summed E-state index contributed by atoms with van der Waals surface area (Å²) < 4.78 is 2.73. The molecule has 4 heterocycles. The van der Waals surface area contributed by atoms with Gasteiger partial charge in [-0.05, 0) is 29.8 Å². The van der Waals surface area contributed by atoms with Gasteiger partial charge in [0.05, 0.1) is 22.5 Å². The second-order valence-electron chi connectivity index (χ2n) is 8.07. The van der Waals surface area contributed by atoms with Gasteiger partial charge in [-0.15, -0.1) is 0 Å². The van der Waals surface area contributed by atoms with Gasteiger partial charge in [-0.2, -0.15) is 0 Å².